The number of aryl methyl sites for hydroxylation is 2. The number of hydrogen-bond donors (Lipinski definition) is 1. The first-order valence-corrected chi connectivity index (χ1v) is 11.6. The van der Waals surface area contributed by atoms with Crippen LogP contribution in [0.1, 0.15) is 23.9 Å². The van der Waals surface area contributed by atoms with Crippen LogP contribution in [0.4, 0.5) is 5.13 Å². The molecule has 0 saturated carbocycles. The number of nitrogens with one attached hydrogen (secondary N) is 1. The van der Waals surface area contributed by atoms with Crippen LogP contribution in [0.25, 0.3) is 0 Å². The summed E-state index contributed by atoms with van der Waals surface area (Å²) in [5.41, 5.74) is 1.14. The molecule has 8 nitrogen and oxygen atoms in total. The number of rotatable bonds is 7. The number of anilines is 1. The van der Waals surface area contributed by atoms with Gasteiger partial charge in [0.25, 0.3) is 0 Å². The van der Waals surface area contributed by atoms with E-state index in [9.17, 15) is 13.2 Å². The molecule has 1 saturated heterocycles. The summed E-state index contributed by atoms with van der Waals surface area (Å²) in [6.45, 7) is 5.88. The monoisotopic (exact) mass is 423 g/mol. The number of aromatic nitrogens is 2. The molecule has 0 atom stereocenters. The first-order valence-electron chi connectivity index (χ1n) is 9.30. The van der Waals surface area contributed by atoms with Gasteiger partial charge in [0.05, 0.1) is 11.4 Å². The Hall–Kier alpha value is -1.88. The molecular weight excluding hydrogens is 398 g/mol. The maximum atomic E-state index is 12.8. The lowest BCUT2D eigenvalue weighted by atomic mass is 10.1. The summed E-state index contributed by atoms with van der Waals surface area (Å²) in [5, 5.41) is 11.7. The normalized spacial score (nSPS) is 16.2. The zero-order valence-electron chi connectivity index (χ0n) is 16.1. The van der Waals surface area contributed by atoms with Crippen LogP contribution >= 0.6 is 11.3 Å². The maximum absolute atomic E-state index is 12.8. The predicted octanol–water partition coefficient (Wildman–Crippen LogP) is 1.74. The lowest BCUT2D eigenvalue weighted by Gasteiger charge is -2.33. The van der Waals surface area contributed by atoms with Gasteiger partial charge < -0.3 is 0 Å². The van der Waals surface area contributed by atoms with Gasteiger partial charge in [-0.25, -0.2) is 8.42 Å². The van der Waals surface area contributed by atoms with E-state index in [1.165, 1.54) is 15.6 Å². The molecule has 1 aliphatic heterocycles. The Kier molecular flexibility index (Phi) is 6.76. The second-order valence-corrected chi connectivity index (χ2v) is 9.87. The third-order valence-electron chi connectivity index (χ3n) is 4.57. The van der Waals surface area contributed by atoms with Crippen LogP contribution in [-0.4, -0.2) is 66.5 Å². The van der Waals surface area contributed by atoms with Crippen molar-refractivity contribution in [3.8, 4) is 0 Å². The number of benzene rings is 1. The summed E-state index contributed by atoms with van der Waals surface area (Å²) >= 11 is 1.32. The number of nitrogens with zero attached hydrogens (tertiary/aromatic N) is 4. The van der Waals surface area contributed by atoms with Crippen LogP contribution < -0.4 is 5.32 Å². The topological polar surface area (TPSA) is 95.5 Å². The minimum atomic E-state index is -3.50. The molecule has 0 aliphatic carbocycles. The van der Waals surface area contributed by atoms with Crippen LogP contribution in [0.3, 0.4) is 0 Å². The van der Waals surface area contributed by atoms with E-state index in [1.807, 2.05) is 24.0 Å². The lowest BCUT2D eigenvalue weighted by Crippen LogP contribution is -2.50. The van der Waals surface area contributed by atoms with Crippen LogP contribution in [0.15, 0.2) is 29.2 Å². The summed E-state index contributed by atoms with van der Waals surface area (Å²) in [4.78, 5) is 14.4. The van der Waals surface area contributed by atoms with Crippen molar-refractivity contribution in [1.82, 2.24) is 19.4 Å². The Bertz CT molecular complexity index is 904. The highest BCUT2D eigenvalue weighted by molar-refractivity contribution is 7.89. The Morgan fingerprint density at radius 3 is 2.39 bits per heavy atom. The minimum Gasteiger partial charge on any atom is -0.299 e. The quantitative estimate of drug-likeness (QED) is 0.729. The average Bonchev–Trinajstić information content (AvgIpc) is 3.07. The van der Waals surface area contributed by atoms with Crippen LogP contribution in [0.2, 0.25) is 0 Å². The molecule has 1 aromatic heterocycles. The van der Waals surface area contributed by atoms with Crippen molar-refractivity contribution in [2.45, 2.75) is 31.6 Å². The molecule has 0 bridgehead atoms. The van der Waals surface area contributed by atoms with E-state index in [-0.39, 0.29) is 12.5 Å². The molecule has 3 rings (SSSR count). The second-order valence-electron chi connectivity index (χ2n) is 6.75. The molecule has 1 fully saturated rings. The van der Waals surface area contributed by atoms with E-state index in [0.29, 0.717) is 36.2 Å². The van der Waals surface area contributed by atoms with Gasteiger partial charge in [0.1, 0.15) is 5.01 Å². The maximum Gasteiger partial charge on any atom is 0.243 e. The van der Waals surface area contributed by atoms with Crippen molar-refractivity contribution in [1.29, 1.82) is 0 Å². The Morgan fingerprint density at radius 1 is 1.14 bits per heavy atom. The third-order valence-corrected chi connectivity index (χ3v) is 7.24. The van der Waals surface area contributed by atoms with E-state index in [0.717, 1.165) is 23.4 Å². The van der Waals surface area contributed by atoms with Gasteiger partial charge in [-0.1, -0.05) is 36.8 Å². The van der Waals surface area contributed by atoms with Crippen molar-refractivity contribution in [2.24, 2.45) is 0 Å². The van der Waals surface area contributed by atoms with Gasteiger partial charge in [0, 0.05) is 26.2 Å². The lowest BCUT2D eigenvalue weighted by molar-refractivity contribution is -0.117. The SMILES string of the molecule is CCCc1ccc(S(=O)(=O)N2CCN(CC(=O)Nc3nnc(C)s3)CC2)cc1. The van der Waals surface area contributed by atoms with Gasteiger partial charge in [0.15, 0.2) is 0 Å². The number of carbonyl (C=O) groups is 1. The van der Waals surface area contributed by atoms with Gasteiger partial charge in [-0.15, -0.1) is 10.2 Å². The van der Waals surface area contributed by atoms with Crippen molar-refractivity contribution in [3.63, 3.8) is 0 Å². The molecule has 1 aliphatic rings. The zero-order valence-corrected chi connectivity index (χ0v) is 17.7. The summed E-state index contributed by atoms with van der Waals surface area (Å²) < 4.78 is 27.2. The van der Waals surface area contributed by atoms with E-state index < -0.39 is 10.0 Å². The fourth-order valence-electron chi connectivity index (χ4n) is 3.10. The first kappa shape index (κ1) is 20.8. The largest absolute Gasteiger partial charge is 0.299 e. The molecule has 0 spiro atoms. The van der Waals surface area contributed by atoms with Crippen LogP contribution in [-0.2, 0) is 21.2 Å². The van der Waals surface area contributed by atoms with Gasteiger partial charge in [0.2, 0.25) is 21.1 Å². The third kappa shape index (κ3) is 5.13. The molecule has 1 N–H and O–H groups in total. The highest BCUT2D eigenvalue weighted by Gasteiger charge is 2.29. The number of sulfonamides is 1. The molecule has 1 amide bonds. The molecule has 0 radical (unpaired) electrons. The van der Waals surface area contributed by atoms with Crippen LogP contribution in [0, 0.1) is 6.92 Å². The summed E-state index contributed by atoms with van der Waals surface area (Å²) in [7, 11) is -3.50. The standard InChI is InChI=1S/C18H25N5O3S2/c1-3-4-15-5-7-16(8-6-15)28(25,26)23-11-9-22(10-12-23)13-17(24)19-18-21-20-14(2)27-18/h5-8H,3-4,9-13H2,1-2H3,(H,19,21,24). The predicted molar refractivity (Wildman–Crippen MR) is 109 cm³/mol. The smallest absolute Gasteiger partial charge is 0.243 e. The average molecular weight is 424 g/mol. The molecule has 1 aromatic carbocycles. The Labute approximate surface area is 169 Å². The summed E-state index contributed by atoms with van der Waals surface area (Å²) in [6.07, 6.45) is 1.97. The van der Waals surface area contributed by atoms with Gasteiger partial charge >= 0.3 is 0 Å². The molecule has 2 heterocycles. The fraction of sp³-hybridized carbons (Fsp3) is 0.500. The fourth-order valence-corrected chi connectivity index (χ4v) is 5.13. The molecule has 10 heteroatoms. The number of hydrogen-bond acceptors (Lipinski definition) is 7. The van der Waals surface area contributed by atoms with Crippen LogP contribution in [0.5, 0.6) is 0 Å². The minimum absolute atomic E-state index is 0.168. The van der Waals surface area contributed by atoms with E-state index >= 15 is 0 Å². The number of piperazine rings is 1. The second kappa shape index (κ2) is 9.08. The first-order chi connectivity index (χ1) is 13.4. The molecular formula is C18H25N5O3S2. The molecule has 152 valence electrons. The van der Waals surface area contributed by atoms with E-state index in [2.05, 4.69) is 22.4 Å². The van der Waals surface area contributed by atoms with E-state index in [1.54, 1.807) is 12.1 Å². The summed E-state index contributed by atoms with van der Waals surface area (Å²) in [5.74, 6) is -0.168. The summed E-state index contributed by atoms with van der Waals surface area (Å²) in [6, 6.07) is 7.13. The van der Waals surface area contributed by atoms with Gasteiger partial charge in [-0.3, -0.25) is 15.0 Å². The van der Waals surface area contributed by atoms with Crippen molar-refractivity contribution in [2.75, 3.05) is 38.0 Å². The molecule has 28 heavy (non-hydrogen) atoms. The van der Waals surface area contributed by atoms with Crippen molar-refractivity contribution in [3.05, 3.63) is 34.8 Å². The Morgan fingerprint density at radius 2 is 1.82 bits per heavy atom. The number of carbonyl (C=O) groups excluding carboxylic acids is 1. The Balaban J connectivity index is 1.53. The van der Waals surface area contributed by atoms with Gasteiger partial charge in [-0.2, -0.15) is 4.31 Å². The van der Waals surface area contributed by atoms with Gasteiger partial charge in [-0.05, 0) is 31.0 Å². The number of amides is 1. The molecule has 2 aromatic rings. The highest BCUT2D eigenvalue weighted by atomic mass is 32.2. The highest BCUT2D eigenvalue weighted by Crippen LogP contribution is 2.19. The van der Waals surface area contributed by atoms with Crippen molar-refractivity contribution < 1.29 is 13.2 Å². The molecule has 0 unspecified atom stereocenters. The zero-order chi connectivity index (χ0) is 20.1. The van der Waals surface area contributed by atoms with Crippen molar-refractivity contribution >= 4 is 32.4 Å². The van der Waals surface area contributed by atoms with E-state index in [4.69, 9.17) is 0 Å².